The van der Waals surface area contributed by atoms with E-state index in [1.165, 1.54) is 12.1 Å². The first-order chi connectivity index (χ1) is 16.2. The molecule has 7 nitrogen and oxygen atoms in total. The highest BCUT2D eigenvalue weighted by Gasteiger charge is 2.20. The number of nitriles is 1. The Bertz CT molecular complexity index is 1260. The lowest BCUT2D eigenvalue weighted by Gasteiger charge is -2.13. The highest BCUT2D eigenvalue weighted by Crippen LogP contribution is 2.27. The van der Waals surface area contributed by atoms with Crippen LogP contribution in [-0.2, 0) is 27.3 Å². The Labute approximate surface area is 197 Å². The minimum Gasteiger partial charge on any atom is -0.496 e. The van der Waals surface area contributed by atoms with Gasteiger partial charge >= 0.3 is 5.97 Å². The van der Waals surface area contributed by atoms with Crippen molar-refractivity contribution in [2.24, 2.45) is 0 Å². The van der Waals surface area contributed by atoms with E-state index in [1.54, 1.807) is 42.9 Å². The van der Waals surface area contributed by atoms with E-state index in [0.717, 1.165) is 22.4 Å². The molecule has 0 saturated heterocycles. The van der Waals surface area contributed by atoms with Gasteiger partial charge < -0.3 is 19.4 Å². The molecule has 0 unspecified atom stereocenters. The summed E-state index contributed by atoms with van der Waals surface area (Å²) in [5.41, 5.74) is 4.30. The SMILES string of the molecule is COc1cc(CC(=O)OCC(=O)Nc2c(C#N)c(C)c(C)n2Cc2ccc(F)cc2)ccc1C. The molecule has 2 aromatic carbocycles. The monoisotopic (exact) mass is 463 g/mol. The number of methoxy groups -OCH3 is 1. The van der Waals surface area contributed by atoms with Crippen molar-refractivity contribution < 1.29 is 23.5 Å². The van der Waals surface area contributed by atoms with E-state index in [9.17, 15) is 19.2 Å². The Morgan fingerprint density at radius 2 is 1.76 bits per heavy atom. The van der Waals surface area contributed by atoms with E-state index in [-0.39, 0.29) is 12.2 Å². The minimum atomic E-state index is -0.566. The van der Waals surface area contributed by atoms with Crippen molar-refractivity contribution in [1.29, 1.82) is 5.26 Å². The Morgan fingerprint density at radius 1 is 1.09 bits per heavy atom. The molecule has 3 aromatic rings. The predicted molar refractivity (Wildman–Crippen MR) is 125 cm³/mol. The van der Waals surface area contributed by atoms with Crippen molar-refractivity contribution in [2.45, 2.75) is 33.7 Å². The Kier molecular flexibility index (Phi) is 7.69. The number of hydrogen-bond acceptors (Lipinski definition) is 5. The first-order valence-corrected chi connectivity index (χ1v) is 10.7. The lowest BCUT2D eigenvalue weighted by atomic mass is 10.1. The molecule has 0 spiro atoms. The summed E-state index contributed by atoms with van der Waals surface area (Å²) in [6, 6.07) is 13.5. The van der Waals surface area contributed by atoms with E-state index in [2.05, 4.69) is 11.4 Å². The topological polar surface area (TPSA) is 93.3 Å². The number of nitrogens with one attached hydrogen (secondary N) is 1. The van der Waals surface area contributed by atoms with Crippen LogP contribution in [0.25, 0.3) is 0 Å². The van der Waals surface area contributed by atoms with Crippen molar-refractivity contribution >= 4 is 17.7 Å². The number of carbonyl (C=O) groups is 2. The molecule has 0 aliphatic heterocycles. The molecule has 1 heterocycles. The number of aromatic nitrogens is 1. The molecule has 1 N–H and O–H groups in total. The van der Waals surface area contributed by atoms with Crippen LogP contribution in [0.2, 0.25) is 0 Å². The van der Waals surface area contributed by atoms with Gasteiger partial charge in [0.2, 0.25) is 0 Å². The molecule has 0 bridgehead atoms. The molecule has 0 atom stereocenters. The van der Waals surface area contributed by atoms with Crippen molar-refractivity contribution in [3.05, 3.63) is 81.8 Å². The zero-order chi connectivity index (χ0) is 24.8. The summed E-state index contributed by atoms with van der Waals surface area (Å²) >= 11 is 0. The molecule has 0 radical (unpaired) electrons. The van der Waals surface area contributed by atoms with E-state index < -0.39 is 18.5 Å². The average Bonchev–Trinajstić information content (AvgIpc) is 3.04. The van der Waals surface area contributed by atoms with Crippen LogP contribution in [0.15, 0.2) is 42.5 Å². The smallest absolute Gasteiger partial charge is 0.310 e. The van der Waals surface area contributed by atoms with Crippen molar-refractivity contribution in [2.75, 3.05) is 19.0 Å². The lowest BCUT2D eigenvalue weighted by molar-refractivity contribution is -0.146. The molecule has 0 aliphatic carbocycles. The molecule has 1 aromatic heterocycles. The largest absolute Gasteiger partial charge is 0.496 e. The standard InChI is InChI=1S/C26H26FN3O4/c1-16-5-6-20(11-23(16)33-4)12-25(32)34-15-24(31)29-26-22(13-28)17(2)18(3)30(26)14-19-7-9-21(27)10-8-19/h5-11H,12,14-15H2,1-4H3,(H,29,31). The normalized spacial score (nSPS) is 10.5. The summed E-state index contributed by atoms with van der Waals surface area (Å²) < 4.78 is 25.4. The van der Waals surface area contributed by atoms with Gasteiger partial charge in [0.1, 0.15) is 23.5 Å². The second kappa shape index (κ2) is 10.7. The van der Waals surface area contributed by atoms with Gasteiger partial charge in [0, 0.05) is 12.2 Å². The number of hydrogen-bond donors (Lipinski definition) is 1. The third-order valence-electron chi connectivity index (χ3n) is 5.64. The number of carbonyl (C=O) groups excluding carboxylic acids is 2. The number of aryl methyl sites for hydroxylation is 1. The highest BCUT2D eigenvalue weighted by atomic mass is 19.1. The number of halogens is 1. The van der Waals surface area contributed by atoms with E-state index >= 15 is 0 Å². The summed E-state index contributed by atoms with van der Waals surface area (Å²) in [5, 5.41) is 12.3. The molecule has 176 valence electrons. The van der Waals surface area contributed by atoms with Crippen LogP contribution in [-0.4, -0.2) is 30.2 Å². The van der Waals surface area contributed by atoms with Crippen LogP contribution < -0.4 is 10.1 Å². The van der Waals surface area contributed by atoms with E-state index in [1.807, 2.05) is 19.9 Å². The van der Waals surface area contributed by atoms with Gasteiger partial charge in [-0.2, -0.15) is 5.26 Å². The molecular formula is C26H26FN3O4. The maximum absolute atomic E-state index is 13.3. The molecule has 3 rings (SSSR count). The Morgan fingerprint density at radius 3 is 2.41 bits per heavy atom. The first-order valence-electron chi connectivity index (χ1n) is 10.7. The average molecular weight is 464 g/mol. The molecule has 8 heteroatoms. The number of esters is 1. The molecule has 0 fully saturated rings. The summed E-state index contributed by atoms with van der Waals surface area (Å²) in [5.74, 6) is -0.494. The van der Waals surface area contributed by atoms with Crippen LogP contribution in [0, 0.1) is 37.9 Å². The van der Waals surface area contributed by atoms with Gasteiger partial charge in [-0.3, -0.25) is 9.59 Å². The number of benzene rings is 2. The lowest BCUT2D eigenvalue weighted by Crippen LogP contribution is -2.23. The summed E-state index contributed by atoms with van der Waals surface area (Å²) in [4.78, 5) is 24.8. The molecule has 1 amide bonds. The predicted octanol–water partition coefficient (Wildman–Crippen LogP) is 4.21. The summed E-state index contributed by atoms with van der Waals surface area (Å²) in [7, 11) is 1.56. The van der Waals surface area contributed by atoms with Crippen LogP contribution in [0.5, 0.6) is 5.75 Å². The van der Waals surface area contributed by atoms with Crippen molar-refractivity contribution in [3.8, 4) is 11.8 Å². The first kappa shape index (κ1) is 24.5. The summed E-state index contributed by atoms with van der Waals surface area (Å²) in [6.45, 7) is 5.37. The fourth-order valence-corrected chi connectivity index (χ4v) is 3.61. The molecule has 34 heavy (non-hydrogen) atoms. The third-order valence-corrected chi connectivity index (χ3v) is 5.64. The zero-order valence-electron chi connectivity index (χ0n) is 19.6. The van der Waals surface area contributed by atoms with Crippen LogP contribution in [0.3, 0.4) is 0 Å². The number of nitrogens with zero attached hydrogens (tertiary/aromatic N) is 2. The van der Waals surface area contributed by atoms with Gasteiger partial charge in [0.25, 0.3) is 5.91 Å². The van der Waals surface area contributed by atoms with Gasteiger partial charge in [-0.1, -0.05) is 24.3 Å². The molecule has 0 saturated carbocycles. The maximum atomic E-state index is 13.3. The van der Waals surface area contributed by atoms with Crippen LogP contribution in [0.1, 0.15) is 33.5 Å². The quantitative estimate of drug-likeness (QED) is 0.505. The number of ether oxygens (including phenoxy) is 2. The Hall–Kier alpha value is -4.12. The Balaban J connectivity index is 1.69. The van der Waals surface area contributed by atoms with Gasteiger partial charge in [0.15, 0.2) is 6.61 Å². The molecule has 0 aliphatic rings. The van der Waals surface area contributed by atoms with Gasteiger partial charge in [-0.25, -0.2) is 4.39 Å². The van der Waals surface area contributed by atoms with E-state index in [0.29, 0.717) is 29.2 Å². The summed E-state index contributed by atoms with van der Waals surface area (Å²) in [6.07, 6.45) is -0.00742. The van der Waals surface area contributed by atoms with Gasteiger partial charge in [-0.05, 0) is 61.2 Å². The number of anilines is 1. The van der Waals surface area contributed by atoms with Crippen molar-refractivity contribution in [3.63, 3.8) is 0 Å². The minimum absolute atomic E-state index is 0.00742. The molecular weight excluding hydrogens is 437 g/mol. The number of amides is 1. The van der Waals surface area contributed by atoms with Crippen molar-refractivity contribution in [1.82, 2.24) is 4.57 Å². The third kappa shape index (κ3) is 5.62. The fraction of sp³-hybridized carbons (Fsp3) is 0.269. The van der Waals surface area contributed by atoms with Gasteiger partial charge in [0.05, 0.1) is 19.1 Å². The maximum Gasteiger partial charge on any atom is 0.310 e. The second-order valence-electron chi connectivity index (χ2n) is 7.95. The fourth-order valence-electron chi connectivity index (χ4n) is 3.61. The number of rotatable bonds is 8. The van der Waals surface area contributed by atoms with Crippen LogP contribution in [0.4, 0.5) is 10.2 Å². The highest BCUT2D eigenvalue weighted by molar-refractivity contribution is 5.93. The van der Waals surface area contributed by atoms with E-state index in [4.69, 9.17) is 9.47 Å². The van der Waals surface area contributed by atoms with Gasteiger partial charge in [-0.15, -0.1) is 0 Å². The zero-order valence-corrected chi connectivity index (χ0v) is 19.6. The van der Waals surface area contributed by atoms with Crippen LogP contribution >= 0.6 is 0 Å². The second-order valence-corrected chi connectivity index (χ2v) is 7.95.